The lowest BCUT2D eigenvalue weighted by Gasteiger charge is -2.26. The van der Waals surface area contributed by atoms with Crippen molar-refractivity contribution in [3.8, 4) is 0 Å². The highest BCUT2D eigenvalue weighted by atomic mass is 16.4. The summed E-state index contributed by atoms with van der Waals surface area (Å²) in [6.45, 7) is 3.94. The van der Waals surface area contributed by atoms with Gasteiger partial charge in [-0.25, -0.2) is 0 Å². The maximum Gasteiger partial charge on any atom is 0.306 e. The van der Waals surface area contributed by atoms with Crippen LogP contribution in [0.3, 0.4) is 0 Å². The highest BCUT2D eigenvalue weighted by Gasteiger charge is 2.34. The van der Waals surface area contributed by atoms with E-state index in [0.29, 0.717) is 12.8 Å². The molecule has 126 valence electrons. The number of carboxylic acid groups (broad SMARTS) is 1. The van der Waals surface area contributed by atoms with Crippen LogP contribution in [-0.2, 0) is 16.0 Å². The minimum absolute atomic E-state index is 0.0111. The molecule has 2 rings (SSSR count). The number of carboxylic acids is 1. The van der Waals surface area contributed by atoms with E-state index in [1.807, 2.05) is 32.0 Å². The van der Waals surface area contributed by atoms with Gasteiger partial charge >= 0.3 is 5.97 Å². The van der Waals surface area contributed by atoms with E-state index >= 15 is 0 Å². The average molecular weight is 317 g/mol. The van der Waals surface area contributed by atoms with Gasteiger partial charge in [0, 0.05) is 11.5 Å². The molecule has 23 heavy (non-hydrogen) atoms. The van der Waals surface area contributed by atoms with Crippen LogP contribution in [0.5, 0.6) is 0 Å². The van der Waals surface area contributed by atoms with E-state index in [1.165, 1.54) is 5.56 Å². The Labute approximate surface area is 138 Å². The zero-order valence-corrected chi connectivity index (χ0v) is 14.0. The first-order chi connectivity index (χ1) is 10.9. The van der Waals surface area contributed by atoms with Crippen LogP contribution < -0.4 is 5.32 Å². The fraction of sp³-hybridized carbons (Fsp3) is 0.579. The summed E-state index contributed by atoms with van der Waals surface area (Å²) < 4.78 is 0. The molecular formula is C19H27NO3. The first kappa shape index (κ1) is 17.5. The Morgan fingerprint density at radius 3 is 2.52 bits per heavy atom. The van der Waals surface area contributed by atoms with Gasteiger partial charge in [-0.1, -0.05) is 44.2 Å². The third-order valence-corrected chi connectivity index (χ3v) is 4.84. The first-order valence-corrected chi connectivity index (χ1v) is 8.46. The second kappa shape index (κ2) is 7.62. The minimum Gasteiger partial charge on any atom is -0.481 e. The summed E-state index contributed by atoms with van der Waals surface area (Å²) in [5.41, 5.74) is 0.875. The Morgan fingerprint density at radius 2 is 1.91 bits per heavy atom. The van der Waals surface area contributed by atoms with Gasteiger partial charge in [-0.05, 0) is 44.1 Å². The molecule has 0 spiro atoms. The summed E-state index contributed by atoms with van der Waals surface area (Å²) in [6.07, 6.45) is 4.75. The topological polar surface area (TPSA) is 66.4 Å². The van der Waals surface area contributed by atoms with Gasteiger partial charge in [-0.2, -0.15) is 0 Å². The van der Waals surface area contributed by atoms with Gasteiger partial charge in [0.1, 0.15) is 0 Å². The van der Waals surface area contributed by atoms with Crippen molar-refractivity contribution >= 4 is 11.9 Å². The number of carbonyl (C=O) groups excluding carboxylic acids is 1. The Kier molecular flexibility index (Phi) is 5.80. The molecule has 2 N–H and O–H groups in total. The maximum absolute atomic E-state index is 12.5. The number of aliphatic carboxylic acids is 1. The summed E-state index contributed by atoms with van der Waals surface area (Å²) in [6, 6.07) is 10.3. The summed E-state index contributed by atoms with van der Waals surface area (Å²) in [5, 5.41) is 12.1. The van der Waals surface area contributed by atoms with E-state index < -0.39 is 11.4 Å². The molecule has 0 aromatic heterocycles. The molecule has 1 fully saturated rings. The third-order valence-electron chi connectivity index (χ3n) is 4.84. The number of aryl methyl sites for hydroxylation is 1. The van der Waals surface area contributed by atoms with Crippen molar-refractivity contribution in [2.75, 3.05) is 0 Å². The molecule has 1 aromatic rings. The van der Waals surface area contributed by atoms with Crippen molar-refractivity contribution in [2.45, 2.75) is 58.4 Å². The van der Waals surface area contributed by atoms with Gasteiger partial charge in [0.2, 0.25) is 5.91 Å². The molecule has 1 aliphatic carbocycles. The zero-order chi connectivity index (χ0) is 16.9. The molecule has 2 atom stereocenters. The second-order valence-electron chi connectivity index (χ2n) is 7.24. The lowest BCUT2D eigenvalue weighted by atomic mass is 9.85. The number of nitrogens with one attached hydrogen (secondary N) is 1. The number of rotatable bonds is 7. The highest BCUT2D eigenvalue weighted by Crippen LogP contribution is 2.28. The third kappa shape index (κ3) is 5.08. The standard InChI is InChI=1S/C19H27NO3/c1-19(2,12-6-9-14-7-4-3-5-8-14)18(23)20-16-11-10-15(13-16)17(21)22/h3-5,7-8,15-16H,6,9-13H2,1-2H3,(H,20,23)(H,21,22)/t15-,16+/m1/s1. The zero-order valence-electron chi connectivity index (χ0n) is 14.0. The number of hydrogen-bond acceptors (Lipinski definition) is 2. The summed E-state index contributed by atoms with van der Waals surface area (Å²) in [7, 11) is 0. The van der Waals surface area contributed by atoms with Crippen LogP contribution in [0.1, 0.15) is 51.5 Å². The van der Waals surface area contributed by atoms with E-state index in [2.05, 4.69) is 17.4 Å². The van der Waals surface area contributed by atoms with Crippen LogP contribution in [-0.4, -0.2) is 23.0 Å². The van der Waals surface area contributed by atoms with E-state index in [1.54, 1.807) is 0 Å². The monoisotopic (exact) mass is 317 g/mol. The Balaban J connectivity index is 1.77. The molecular weight excluding hydrogens is 290 g/mol. The van der Waals surface area contributed by atoms with E-state index in [4.69, 9.17) is 5.11 Å². The Bertz CT molecular complexity index is 539. The van der Waals surface area contributed by atoms with Gasteiger partial charge in [-0.15, -0.1) is 0 Å². The summed E-state index contributed by atoms with van der Waals surface area (Å²) in [5.74, 6) is -1.01. The molecule has 0 saturated heterocycles. The molecule has 1 aliphatic rings. The van der Waals surface area contributed by atoms with Crippen molar-refractivity contribution in [1.82, 2.24) is 5.32 Å². The normalized spacial score (nSPS) is 21.1. The van der Waals surface area contributed by atoms with Gasteiger partial charge in [0.15, 0.2) is 0 Å². The van der Waals surface area contributed by atoms with Crippen LogP contribution in [0.4, 0.5) is 0 Å². The van der Waals surface area contributed by atoms with Crippen molar-refractivity contribution < 1.29 is 14.7 Å². The molecule has 0 bridgehead atoms. The molecule has 4 heteroatoms. The van der Waals surface area contributed by atoms with E-state index in [9.17, 15) is 9.59 Å². The molecule has 0 unspecified atom stereocenters. The number of amides is 1. The van der Waals surface area contributed by atoms with Crippen molar-refractivity contribution in [1.29, 1.82) is 0 Å². The Hall–Kier alpha value is -1.84. The maximum atomic E-state index is 12.5. The molecule has 1 amide bonds. The van der Waals surface area contributed by atoms with Crippen molar-refractivity contribution in [2.24, 2.45) is 11.3 Å². The molecule has 1 aromatic carbocycles. The van der Waals surface area contributed by atoms with Crippen LogP contribution in [0.15, 0.2) is 30.3 Å². The molecule has 1 saturated carbocycles. The predicted octanol–water partition coefficient (Wildman–Crippen LogP) is 3.41. The quantitative estimate of drug-likeness (QED) is 0.810. The fourth-order valence-electron chi connectivity index (χ4n) is 3.21. The van der Waals surface area contributed by atoms with Crippen LogP contribution in [0.2, 0.25) is 0 Å². The Morgan fingerprint density at radius 1 is 1.22 bits per heavy atom. The summed E-state index contributed by atoms with van der Waals surface area (Å²) in [4.78, 5) is 23.5. The number of carbonyl (C=O) groups is 2. The lowest BCUT2D eigenvalue weighted by molar-refractivity contribution is -0.141. The molecule has 0 radical (unpaired) electrons. The van der Waals surface area contributed by atoms with Crippen LogP contribution in [0.25, 0.3) is 0 Å². The molecule has 4 nitrogen and oxygen atoms in total. The van der Waals surface area contributed by atoms with Crippen LogP contribution >= 0.6 is 0 Å². The number of benzene rings is 1. The van der Waals surface area contributed by atoms with Crippen molar-refractivity contribution in [3.63, 3.8) is 0 Å². The second-order valence-corrected chi connectivity index (χ2v) is 7.24. The van der Waals surface area contributed by atoms with Gasteiger partial charge in [0.25, 0.3) is 0 Å². The first-order valence-electron chi connectivity index (χ1n) is 8.46. The fourth-order valence-corrected chi connectivity index (χ4v) is 3.21. The van der Waals surface area contributed by atoms with Crippen molar-refractivity contribution in [3.05, 3.63) is 35.9 Å². The molecule has 0 heterocycles. The SMILES string of the molecule is CC(C)(CCCc1ccccc1)C(=O)N[C@H]1CC[C@@H](C(=O)O)C1. The van der Waals surface area contributed by atoms with Gasteiger partial charge in [0.05, 0.1) is 5.92 Å². The lowest BCUT2D eigenvalue weighted by Crippen LogP contribution is -2.42. The van der Waals surface area contributed by atoms with Gasteiger partial charge < -0.3 is 10.4 Å². The predicted molar refractivity (Wildman–Crippen MR) is 90.1 cm³/mol. The minimum atomic E-state index is -0.746. The largest absolute Gasteiger partial charge is 0.481 e. The van der Waals surface area contributed by atoms with E-state index in [-0.39, 0.29) is 17.9 Å². The highest BCUT2D eigenvalue weighted by molar-refractivity contribution is 5.82. The number of hydrogen-bond donors (Lipinski definition) is 2. The summed E-state index contributed by atoms with van der Waals surface area (Å²) >= 11 is 0. The molecule has 0 aliphatic heterocycles. The smallest absolute Gasteiger partial charge is 0.306 e. The van der Waals surface area contributed by atoms with E-state index in [0.717, 1.165) is 25.7 Å². The average Bonchev–Trinajstić information content (AvgIpc) is 2.97. The van der Waals surface area contributed by atoms with Crippen LogP contribution in [0, 0.1) is 11.3 Å². The van der Waals surface area contributed by atoms with Gasteiger partial charge in [-0.3, -0.25) is 9.59 Å².